The van der Waals surface area contributed by atoms with Crippen molar-refractivity contribution in [1.82, 2.24) is 9.78 Å². The van der Waals surface area contributed by atoms with Crippen molar-refractivity contribution in [2.45, 2.75) is 58.1 Å². The number of hydrogen-bond acceptors (Lipinski definition) is 4. The number of halogens is 1. The summed E-state index contributed by atoms with van der Waals surface area (Å²) in [4.78, 5) is 11.4. The van der Waals surface area contributed by atoms with Gasteiger partial charge in [-0.05, 0) is 47.7 Å². The zero-order chi connectivity index (χ0) is 19.1. The molecule has 26 heavy (non-hydrogen) atoms. The lowest BCUT2D eigenvalue weighted by molar-refractivity contribution is -0.0960. The van der Waals surface area contributed by atoms with Gasteiger partial charge in [-0.2, -0.15) is 5.10 Å². The summed E-state index contributed by atoms with van der Waals surface area (Å²) >= 11 is 3.52. The van der Waals surface area contributed by atoms with Crippen LogP contribution in [0.2, 0.25) is 0 Å². The summed E-state index contributed by atoms with van der Waals surface area (Å²) in [6, 6.07) is 4.24. The van der Waals surface area contributed by atoms with Crippen LogP contribution in [0.15, 0.2) is 22.8 Å². The predicted molar refractivity (Wildman–Crippen MR) is 104 cm³/mol. The van der Waals surface area contributed by atoms with Crippen molar-refractivity contribution in [3.05, 3.63) is 22.8 Å². The lowest BCUT2D eigenvalue weighted by atomic mass is 9.67. The van der Waals surface area contributed by atoms with Crippen LogP contribution >= 0.6 is 15.9 Å². The van der Waals surface area contributed by atoms with Gasteiger partial charge in [-0.15, -0.1) is 0 Å². The first-order valence-electron chi connectivity index (χ1n) is 8.86. The summed E-state index contributed by atoms with van der Waals surface area (Å²) < 4.78 is 13.9. The monoisotopic (exact) mass is 423 g/mol. The molecular formula is C19H26BrN3O3. The van der Waals surface area contributed by atoms with Crippen LogP contribution in [-0.2, 0) is 4.74 Å². The number of nitrogens with zero attached hydrogens (tertiary/aromatic N) is 2. The molecule has 2 aromatic rings. The molecule has 1 saturated carbocycles. The summed E-state index contributed by atoms with van der Waals surface area (Å²) in [6.07, 6.45) is 4.69. The van der Waals surface area contributed by atoms with Crippen molar-refractivity contribution in [2.75, 3.05) is 7.11 Å². The van der Waals surface area contributed by atoms with E-state index in [1.165, 1.54) is 0 Å². The van der Waals surface area contributed by atoms with Gasteiger partial charge in [-0.1, -0.05) is 20.8 Å². The molecule has 0 unspecified atom stereocenters. The van der Waals surface area contributed by atoms with E-state index in [9.17, 15) is 4.79 Å². The van der Waals surface area contributed by atoms with Gasteiger partial charge in [0.05, 0.1) is 23.1 Å². The first-order chi connectivity index (χ1) is 12.1. The van der Waals surface area contributed by atoms with Gasteiger partial charge >= 0.3 is 6.09 Å². The van der Waals surface area contributed by atoms with Gasteiger partial charge in [0, 0.05) is 23.1 Å². The molecule has 1 fully saturated rings. The zero-order valence-corrected chi connectivity index (χ0v) is 17.3. The Balaban J connectivity index is 1.83. The average Bonchev–Trinajstić information content (AvgIpc) is 2.95. The van der Waals surface area contributed by atoms with E-state index in [0.29, 0.717) is 0 Å². The highest BCUT2D eigenvalue weighted by molar-refractivity contribution is 9.10. The molecule has 1 aliphatic rings. The fourth-order valence-corrected chi connectivity index (χ4v) is 4.44. The number of fused-ring (bicyclic) bond motifs is 1. The fraction of sp³-hybridized carbons (Fsp3) is 0.579. The SMILES string of the molecule is COc1cc2nn(C3CCC(OC(N)=O)(C(C)(C)C)CC3)cc2cc1Br. The standard InChI is InChI=1S/C19H26BrN3O3/c1-18(2,3)19(26-17(21)24)7-5-13(6-8-19)23-11-12-9-14(20)16(25-4)10-15(12)22-23/h9-11,13H,5-8H2,1-4H3,(H2,21,24). The van der Waals surface area contributed by atoms with Crippen molar-refractivity contribution in [1.29, 1.82) is 0 Å². The van der Waals surface area contributed by atoms with Gasteiger partial charge in [0.1, 0.15) is 11.4 Å². The molecule has 0 spiro atoms. The quantitative estimate of drug-likeness (QED) is 0.768. The molecule has 2 N–H and O–H groups in total. The van der Waals surface area contributed by atoms with Crippen molar-refractivity contribution >= 4 is 32.9 Å². The maximum atomic E-state index is 11.4. The van der Waals surface area contributed by atoms with Crippen LogP contribution in [0.4, 0.5) is 4.79 Å². The van der Waals surface area contributed by atoms with E-state index in [4.69, 9.17) is 20.3 Å². The van der Waals surface area contributed by atoms with Crippen LogP contribution < -0.4 is 10.5 Å². The third-order valence-corrected chi connectivity index (χ3v) is 6.22. The molecule has 1 heterocycles. The minimum absolute atomic E-state index is 0.167. The van der Waals surface area contributed by atoms with Gasteiger partial charge in [0.25, 0.3) is 0 Å². The van der Waals surface area contributed by atoms with E-state index in [2.05, 4.69) is 42.9 Å². The molecule has 1 amide bonds. The summed E-state index contributed by atoms with van der Waals surface area (Å²) in [7, 11) is 1.65. The summed E-state index contributed by atoms with van der Waals surface area (Å²) in [6.45, 7) is 6.30. The van der Waals surface area contributed by atoms with Crippen LogP contribution in [0.1, 0.15) is 52.5 Å². The van der Waals surface area contributed by atoms with E-state index in [0.717, 1.165) is 46.8 Å². The summed E-state index contributed by atoms with van der Waals surface area (Å²) in [5, 5.41) is 5.81. The van der Waals surface area contributed by atoms with E-state index in [1.807, 2.05) is 16.8 Å². The number of carbonyl (C=O) groups is 1. The topological polar surface area (TPSA) is 79.4 Å². The second-order valence-electron chi connectivity index (χ2n) is 8.05. The van der Waals surface area contributed by atoms with Gasteiger partial charge < -0.3 is 15.2 Å². The van der Waals surface area contributed by atoms with Crippen molar-refractivity contribution in [3.63, 3.8) is 0 Å². The number of rotatable bonds is 3. The Bertz CT molecular complexity index is 817. The third-order valence-electron chi connectivity index (χ3n) is 5.60. The van der Waals surface area contributed by atoms with E-state index in [1.54, 1.807) is 7.11 Å². The molecular weight excluding hydrogens is 398 g/mol. The molecule has 0 aliphatic heterocycles. The van der Waals surface area contributed by atoms with Gasteiger partial charge in [-0.3, -0.25) is 4.68 Å². The average molecular weight is 424 g/mol. The highest BCUT2D eigenvalue weighted by Gasteiger charge is 2.48. The largest absolute Gasteiger partial charge is 0.495 e. The second-order valence-corrected chi connectivity index (χ2v) is 8.91. The molecule has 7 heteroatoms. The molecule has 6 nitrogen and oxygen atoms in total. The number of hydrogen-bond donors (Lipinski definition) is 1. The third kappa shape index (κ3) is 3.41. The lowest BCUT2D eigenvalue weighted by Crippen LogP contribution is -2.50. The number of carbonyl (C=O) groups excluding carboxylic acids is 1. The summed E-state index contributed by atoms with van der Waals surface area (Å²) in [5.41, 5.74) is 5.57. The van der Waals surface area contributed by atoms with Gasteiger partial charge in [-0.25, -0.2) is 4.79 Å². The molecule has 0 radical (unpaired) electrons. The predicted octanol–water partition coefficient (Wildman–Crippen LogP) is 4.80. The Kier molecular flexibility index (Phi) is 4.94. The lowest BCUT2D eigenvalue weighted by Gasteiger charge is -2.47. The molecule has 0 atom stereocenters. The van der Waals surface area contributed by atoms with E-state index < -0.39 is 11.7 Å². The number of aromatic nitrogens is 2. The molecule has 1 aliphatic carbocycles. The normalized spacial score (nSPS) is 23.8. The Hall–Kier alpha value is -1.76. The molecule has 0 bridgehead atoms. The van der Waals surface area contributed by atoms with Crippen LogP contribution in [0.3, 0.4) is 0 Å². The fourth-order valence-electron chi connectivity index (χ4n) is 3.92. The van der Waals surface area contributed by atoms with Crippen molar-refractivity contribution in [2.24, 2.45) is 11.1 Å². The van der Waals surface area contributed by atoms with Crippen LogP contribution in [0.5, 0.6) is 5.75 Å². The number of benzene rings is 1. The van der Waals surface area contributed by atoms with E-state index >= 15 is 0 Å². The van der Waals surface area contributed by atoms with Crippen molar-refractivity contribution in [3.8, 4) is 5.75 Å². The van der Waals surface area contributed by atoms with E-state index in [-0.39, 0.29) is 11.5 Å². The molecule has 1 aromatic carbocycles. The van der Waals surface area contributed by atoms with Crippen LogP contribution in [-0.4, -0.2) is 28.6 Å². The molecule has 1 aromatic heterocycles. The Morgan fingerprint density at radius 1 is 1.35 bits per heavy atom. The highest BCUT2D eigenvalue weighted by atomic mass is 79.9. The summed E-state index contributed by atoms with van der Waals surface area (Å²) in [5.74, 6) is 0.771. The number of methoxy groups -OCH3 is 1. The van der Waals surface area contributed by atoms with Gasteiger partial charge in [0.15, 0.2) is 0 Å². The first-order valence-corrected chi connectivity index (χ1v) is 9.65. The second kappa shape index (κ2) is 6.76. The number of nitrogens with two attached hydrogens (primary N) is 1. The number of amides is 1. The maximum absolute atomic E-state index is 11.4. The Labute approximate surface area is 162 Å². The minimum atomic E-state index is -0.694. The number of primary amides is 1. The maximum Gasteiger partial charge on any atom is 0.405 e. The highest BCUT2D eigenvalue weighted by Crippen LogP contribution is 2.47. The van der Waals surface area contributed by atoms with Crippen LogP contribution in [0, 0.1) is 5.41 Å². The Morgan fingerprint density at radius 3 is 2.54 bits per heavy atom. The molecule has 0 saturated heterocycles. The molecule has 142 valence electrons. The number of ether oxygens (including phenoxy) is 2. The molecule has 3 rings (SSSR count). The minimum Gasteiger partial charge on any atom is -0.495 e. The smallest absolute Gasteiger partial charge is 0.405 e. The first kappa shape index (κ1) is 19.0. The van der Waals surface area contributed by atoms with Crippen molar-refractivity contribution < 1.29 is 14.3 Å². The van der Waals surface area contributed by atoms with Gasteiger partial charge in [0.2, 0.25) is 0 Å². The van der Waals surface area contributed by atoms with Crippen LogP contribution in [0.25, 0.3) is 10.9 Å². The Morgan fingerprint density at radius 2 is 2.00 bits per heavy atom. The zero-order valence-electron chi connectivity index (χ0n) is 15.7.